The lowest BCUT2D eigenvalue weighted by Crippen LogP contribution is -2.28. The monoisotopic (exact) mass is 332 g/mol. The Morgan fingerprint density at radius 1 is 1.30 bits per heavy atom. The van der Waals surface area contributed by atoms with Crippen LogP contribution in [0.15, 0.2) is 24.3 Å². The largest absolute Gasteiger partial charge is 0.534 e. The molecule has 0 aliphatic heterocycles. The van der Waals surface area contributed by atoms with Crippen LogP contribution in [-0.2, 0) is 10.1 Å². The first-order valence-corrected chi connectivity index (χ1v) is 6.40. The van der Waals surface area contributed by atoms with Gasteiger partial charge in [-0.1, -0.05) is 19.1 Å². The molecule has 0 saturated carbocycles. The Morgan fingerprint density at radius 2 is 1.75 bits per heavy atom. The fourth-order valence-electron chi connectivity index (χ4n) is 1.17. The summed E-state index contributed by atoms with van der Waals surface area (Å²) in [6.45, 7) is 1.63. The number of nitrogens with one attached hydrogen (secondary N) is 1. The predicted octanol–water partition coefficient (Wildman–Crippen LogP) is 2.38. The highest BCUT2D eigenvalue weighted by Crippen LogP contribution is 2.27. The first-order valence-electron chi connectivity index (χ1n) is 4.99. The third kappa shape index (κ3) is 4.27. The van der Waals surface area contributed by atoms with Crippen LogP contribution in [0.1, 0.15) is 18.4 Å². The van der Waals surface area contributed by atoms with Gasteiger partial charge in [-0.15, -0.1) is 12.4 Å². The van der Waals surface area contributed by atoms with Gasteiger partial charge >= 0.3 is 15.6 Å². The lowest BCUT2D eigenvalue weighted by molar-refractivity contribution is -0.0500. The summed E-state index contributed by atoms with van der Waals surface area (Å²) in [5.41, 5.74) is 0.358. The Bertz CT molecular complexity index is 572. The maximum atomic E-state index is 12.1. The van der Waals surface area contributed by atoms with Gasteiger partial charge in [0.2, 0.25) is 0 Å². The van der Waals surface area contributed by atoms with E-state index in [-0.39, 0.29) is 18.2 Å². The van der Waals surface area contributed by atoms with Gasteiger partial charge in [0.15, 0.2) is 0 Å². The second-order valence-electron chi connectivity index (χ2n) is 3.73. The van der Waals surface area contributed by atoms with Crippen LogP contribution in [0.2, 0.25) is 0 Å². The number of hydrogen-bond donors (Lipinski definition) is 2. The van der Waals surface area contributed by atoms with E-state index in [1.165, 1.54) is 12.1 Å². The van der Waals surface area contributed by atoms with Gasteiger partial charge in [-0.2, -0.15) is 21.6 Å². The normalized spacial score (nSPS) is 13.2. The second-order valence-corrected chi connectivity index (χ2v) is 5.27. The van der Waals surface area contributed by atoms with Gasteiger partial charge in [0.25, 0.3) is 0 Å². The molecule has 1 atom stereocenters. The highest BCUT2D eigenvalue weighted by atomic mass is 35.5. The predicted molar refractivity (Wildman–Crippen MR) is 69.6 cm³/mol. The van der Waals surface area contributed by atoms with E-state index in [2.05, 4.69) is 4.18 Å². The van der Waals surface area contributed by atoms with E-state index in [0.717, 1.165) is 12.1 Å². The molecule has 3 N–H and O–H groups in total. The summed E-state index contributed by atoms with van der Waals surface area (Å²) < 4.78 is 61.6. The van der Waals surface area contributed by atoms with Gasteiger partial charge in [-0.25, -0.2) is 0 Å². The fourth-order valence-corrected chi connectivity index (χ4v) is 1.62. The molecule has 1 aromatic carbocycles. The molecule has 1 aromatic rings. The van der Waals surface area contributed by atoms with E-state index in [1.807, 2.05) is 0 Å². The number of alkyl halides is 3. The summed E-state index contributed by atoms with van der Waals surface area (Å²) in [6, 6.07) is 4.82. The molecule has 114 valence electrons. The summed E-state index contributed by atoms with van der Waals surface area (Å²) in [7, 11) is -5.67. The Kier molecular flexibility index (Phi) is 5.85. The van der Waals surface area contributed by atoms with Crippen LogP contribution in [0.5, 0.6) is 5.75 Å². The molecular weight excluding hydrogens is 321 g/mol. The summed E-state index contributed by atoms with van der Waals surface area (Å²) in [4.78, 5) is 0. The fraction of sp³-hybridized carbons (Fsp3) is 0.300. The molecule has 0 aromatic heterocycles. The average Bonchev–Trinajstić information content (AvgIpc) is 2.27. The van der Waals surface area contributed by atoms with Crippen LogP contribution in [0.4, 0.5) is 13.2 Å². The molecule has 0 aliphatic rings. The van der Waals surface area contributed by atoms with E-state index in [4.69, 9.17) is 11.1 Å². The molecule has 20 heavy (non-hydrogen) atoms. The number of amidine groups is 1. The minimum atomic E-state index is -5.67. The van der Waals surface area contributed by atoms with Crippen molar-refractivity contribution in [2.45, 2.75) is 18.3 Å². The first kappa shape index (κ1) is 18.5. The molecule has 0 unspecified atom stereocenters. The van der Waals surface area contributed by atoms with Crippen molar-refractivity contribution in [1.29, 1.82) is 5.41 Å². The van der Waals surface area contributed by atoms with Crippen molar-refractivity contribution in [3.05, 3.63) is 29.8 Å². The SMILES string of the molecule is C[C@H](C(=N)N)c1ccc(OS(=O)(=O)C(F)(F)F)cc1.Cl. The Morgan fingerprint density at radius 3 is 2.10 bits per heavy atom. The minimum absolute atomic E-state index is 0. The standard InChI is InChI=1S/C10H11F3N2O3S.ClH/c1-6(9(14)15)7-2-4-8(5-3-7)18-19(16,17)10(11,12)13;/h2-6H,1H3,(H3,14,15);1H/t6-;/m0./s1. The summed E-state index contributed by atoms with van der Waals surface area (Å²) in [5, 5.41) is 7.22. The summed E-state index contributed by atoms with van der Waals surface area (Å²) >= 11 is 0. The van der Waals surface area contributed by atoms with Crippen molar-refractivity contribution >= 4 is 28.4 Å². The summed E-state index contributed by atoms with van der Waals surface area (Å²) in [5.74, 6) is -0.998. The Hall–Kier alpha value is -1.48. The third-order valence-corrected chi connectivity index (χ3v) is 3.31. The third-order valence-electron chi connectivity index (χ3n) is 2.34. The lowest BCUT2D eigenvalue weighted by Gasteiger charge is -2.12. The molecule has 0 spiro atoms. The zero-order chi connectivity index (χ0) is 14.8. The smallest absolute Gasteiger partial charge is 0.387 e. The maximum absolute atomic E-state index is 12.1. The van der Waals surface area contributed by atoms with Crippen molar-refractivity contribution in [3.8, 4) is 5.75 Å². The molecule has 10 heteroatoms. The number of nitrogens with two attached hydrogens (primary N) is 1. The van der Waals surface area contributed by atoms with Gasteiger partial charge in [-0.05, 0) is 17.7 Å². The molecule has 1 rings (SSSR count). The molecule has 5 nitrogen and oxygen atoms in total. The van der Waals surface area contributed by atoms with Gasteiger partial charge < -0.3 is 9.92 Å². The highest BCUT2D eigenvalue weighted by Gasteiger charge is 2.48. The van der Waals surface area contributed by atoms with Crippen LogP contribution in [0, 0.1) is 5.41 Å². The van der Waals surface area contributed by atoms with Crippen LogP contribution in [0.3, 0.4) is 0 Å². The molecule has 0 amide bonds. The van der Waals surface area contributed by atoms with Gasteiger partial charge in [0.05, 0.1) is 5.84 Å². The molecule has 0 bridgehead atoms. The van der Waals surface area contributed by atoms with E-state index >= 15 is 0 Å². The van der Waals surface area contributed by atoms with E-state index in [1.54, 1.807) is 6.92 Å². The van der Waals surface area contributed by atoms with Crippen LogP contribution >= 0.6 is 12.4 Å². The number of halogens is 4. The number of hydrogen-bond acceptors (Lipinski definition) is 4. The Labute approximate surface area is 120 Å². The van der Waals surface area contributed by atoms with Crippen molar-refractivity contribution in [1.82, 2.24) is 0 Å². The highest BCUT2D eigenvalue weighted by molar-refractivity contribution is 7.87. The first-order chi connectivity index (χ1) is 8.54. The van der Waals surface area contributed by atoms with Crippen molar-refractivity contribution in [2.24, 2.45) is 5.73 Å². The van der Waals surface area contributed by atoms with E-state index in [0.29, 0.717) is 5.56 Å². The van der Waals surface area contributed by atoms with Gasteiger partial charge in [-0.3, -0.25) is 5.41 Å². The number of rotatable bonds is 4. The van der Waals surface area contributed by atoms with Crippen molar-refractivity contribution in [3.63, 3.8) is 0 Å². The second kappa shape index (κ2) is 6.31. The van der Waals surface area contributed by atoms with E-state index in [9.17, 15) is 21.6 Å². The lowest BCUT2D eigenvalue weighted by atomic mass is 10.0. The van der Waals surface area contributed by atoms with Crippen LogP contribution < -0.4 is 9.92 Å². The zero-order valence-corrected chi connectivity index (χ0v) is 11.8. The molecule has 0 aliphatic carbocycles. The van der Waals surface area contributed by atoms with Crippen molar-refractivity contribution < 1.29 is 25.8 Å². The average molecular weight is 333 g/mol. The zero-order valence-electron chi connectivity index (χ0n) is 10.1. The topological polar surface area (TPSA) is 93.2 Å². The van der Waals surface area contributed by atoms with Gasteiger partial charge in [0, 0.05) is 5.92 Å². The molecular formula is C10H12ClF3N2O3S. The van der Waals surface area contributed by atoms with Crippen LogP contribution in [-0.4, -0.2) is 19.8 Å². The summed E-state index contributed by atoms with van der Waals surface area (Å²) in [6.07, 6.45) is 0. The quantitative estimate of drug-likeness (QED) is 0.383. The Balaban J connectivity index is 0.00000361. The van der Waals surface area contributed by atoms with Gasteiger partial charge in [0.1, 0.15) is 5.75 Å². The van der Waals surface area contributed by atoms with E-state index < -0.39 is 27.3 Å². The van der Waals surface area contributed by atoms with Crippen molar-refractivity contribution in [2.75, 3.05) is 0 Å². The number of benzene rings is 1. The molecule has 0 saturated heterocycles. The van der Waals surface area contributed by atoms with Crippen LogP contribution in [0.25, 0.3) is 0 Å². The molecule has 0 radical (unpaired) electrons. The molecule has 0 fully saturated rings. The molecule has 0 heterocycles. The minimum Gasteiger partial charge on any atom is -0.387 e. The maximum Gasteiger partial charge on any atom is 0.534 e.